The molecular formula is C14H13BrO2S2. The summed E-state index contributed by atoms with van der Waals surface area (Å²) in [6, 6.07) is 7.49. The highest BCUT2D eigenvalue weighted by atomic mass is 79.9. The van der Waals surface area contributed by atoms with Gasteiger partial charge in [-0.25, -0.2) is 0 Å². The van der Waals surface area contributed by atoms with Gasteiger partial charge in [-0.15, -0.1) is 11.3 Å². The van der Waals surface area contributed by atoms with Gasteiger partial charge in [0.1, 0.15) is 0 Å². The SMILES string of the molecule is Cc1ccc(S(=O)CC(=O)c2sccc2Br)cc1C. The number of aryl methyl sites for hydroxylation is 2. The second-order valence-electron chi connectivity index (χ2n) is 4.26. The number of Topliss-reactive ketones (excluding diaryl/α,β-unsaturated/α-hetero) is 1. The molecule has 0 N–H and O–H groups in total. The molecule has 19 heavy (non-hydrogen) atoms. The molecule has 5 heteroatoms. The number of benzene rings is 1. The fourth-order valence-electron chi connectivity index (χ4n) is 1.62. The number of hydrogen-bond acceptors (Lipinski definition) is 3. The Bertz CT molecular complexity index is 647. The van der Waals surface area contributed by atoms with Crippen LogP contribution in [0.4, 0.5) is 0 Å². The van der Waals surface area contributed by atoms with Gasteiger partial charge in [0, 0.05) is 9.37 Å². The molecule has 2 nitrogen and oxygen atoms in total. The predicted octanol–water partition coefficient (Wildman–Crippen LogP) is 4.12. The molecular weight excluding hydrogens is 344 g/mol. The number of rotatable bonds is 4. The molecule has 0 saturated heterocycles. The minimum absolute atomic E-state index is 0.0294. The van der Waals surface area contributed by atoms with Crippen LogP contribution in [0, 0.1) is 13.8 Å². The van der Waals surface area contributed by atoms with E-state index in [2.05, 4.69) is 15.9 Å². The van der Waals surface area contributed by atoms with E-state index in [1.807, 2.05) is 43.5 Å². The zero-order valence-electron chi connectivity index (χ0n) is 10.6. The maximum Gasteiger partial charge on any atom is 0.186 e. The summed E-state index contributed by atoms with van der Waals surface area (Å²) in [5, 5.41) is 1.84. The molecule has 0 fully saturated rings. The summed E-state index contributed by atoms with van der Waals surface area (Å²) in [4.78, 5) is 13.4. The molecule has 0 saturated carbocycles. The fourth-order valence-corrected chi connectivity index (χ4v) is 4.32. The molecule has 0 aliphatic heterocycles. The Morgan fingerprint density at radius 2 is 2.00 bits per heavy atom. The smallest absolute Gasteiger partial charge is 0.186 e. The van der Waals surface area contributed by atoms with Gasteiger partial charge < -0.3 is 0 Å². The minimum Gasteiger partial charge on any atom is -0.292 e. The first-order valence-corrected chi connectivity index (χ1v) is 8.70. The summed E-state index contributed by atoms with van der Waals surface area (Å²) in [6.45, 7) is 3.99. The third-order valence-corrected chi connectivity index (χ3v) is 6.06. The Morgan fingerprint density at radius 3 is 2.58 bits per heavy atom. The summed E-state index contributed by atoms with van der Waals surface area (Å²) in [7, 11) is -1.29. The lowest BCUT2D eigenvalue weighted by molar-refractivity contribution is 0.102. The second-order valence-corrected chi connectivity index (χ2v) is 7.48. The standard InChI is InChI=1S/C14H13BrO2S2/c1-9-3-4-11(7-10(9)2)19(17)8-13(16)14-12(15)5-6-18-14/h3-7H,8H2,1-2H3. The molecule has 0 aliphatic rings. The fraction of sp³-hybridized carbons (Fsp3) is 0.214. The lowest BCUT2D eigenvalue weighted by Gasteiger charge is -2.05. The average molecular weight is 357 g/mol. The van der Waals surface area contributed by atoms with Crippen LogP contribution in [0.3, 0.4) is 0 Å². The molecule has 0 aliphatic carbocycles. The van der Waals surface area contributed by atoms with Crippen LogP contribution in [0.2, 0.25) is 0 Å². The van der Waals surface area contributed by atoms with Gasteiger partial charge in [0.15, 0.2) is 5.78 Å². The van der Waals surface area contributed by atoms with Crippen LogP contribution in [0.5, 0.6) is 0 Å². The molecule has 1 aromatic carbocycles. The van der Waals surface area contributed by atoms with Gasteiger partial charge in [-0.05, 0) is 64.5 Å². The van der Waals surface area contributed by atoms with E-state index in [0.29, 0.717) is 9.77 Å². The number of carbonyl (C=O) groups is 1. The molecule has 0 amide bonds. The molecule has 2 rings (SSSR count). The quantitative estimate of drug-likeness (QED) is 0.772. The molecule has 0 bridgehead atoms. The van der Waals surface area contributed by atoms with E-state index >= 15 is 0 Å². The number of halogens is 1. The van der Waals surface area contributed by atoms with Crippen LogP contribution in [0.25, 0.3) is 0 Å². The van der Waals surface area contributed by atoms with Gasteiger partial charge >= 0.3 is 0 Å². The normalized spacial score (nSPS) is 12.4. The van der Waals surface area contributed by atoms with Gasteiger partial charge in [0.25, 0.3) is 0 Å². The van der Waals surface area contributed by atoms with Gasteiger partial charge in [-0.2, -0.15) is 0 Å². The van der Waals surface area contributed by atoms with Crippen LogP contribution in [-0.4, -0.2) is 15.7 Å². The van der Waals surface area contributed by atoms with Gasteiger partial charge in [-0.3, -0.25) is 9.00 Å². The lowest BCUT2D eigenvalue weighted by Crippen LogP contribution is -2.10. The number of hydrogen-bond donors (Lipinski definition) is 0. The maximum absolute atomic E-state index is 12.2. The summed E-state index contributed by atoms with van der Waals surface area (Å²) in [5.74, 6) is -0.0554. The van der Waals surface area contributed by atoms with Crippen molar-refractivity contribution in [2.24, 2.45) is 0 Å². The van der Waals surface area contributed by atoms with E-state index in [4.69, 9.17) is 0 Å². The van der Waals surface area contributed by atoms with Crippen molar-refractivity contribution in [3.63, 3.8) is 0 Å². The summed E-state index contributed by atoms with van der Waals surface area (Å²) < 4.78 is 13.0. The lowest BCUT2D eigenvalue weighted by atomic mass is 10.1. The Labute approximate surface area is 127 Å². The maximum atomic E-state index is 12.2. The largest absolute Gasteiger partial charge is 0.292 e. The zero-order chi connectivity index (χ0) is 14.0. The Morgan fingerprint density at radius 1 is 1.26 bits per heavy atom. The van der Waals surface area contributed by atoms with Crippen LogP contribution in [0.1, 0.15) is 20.8 Å². The van der Waals surface area contributed by atoms with Crippen molar-refractivity contribution >= 4 is 43.8 Å². The molecule has 1 aromatic heterocycles. The molecule has 0 radical (unpaired) electrons. The van der Waals surface area contributed by atoms with Gasteiger partial charge in [0.2, 0.25) is 0 Å². The van der Waals surface area contributed by atoms with Crippen molar-refractivity contribution in [3.8, 4) is 0 Å². The van der Waals surface area contributed by atoms with E-state index in [1.54, 1.807) is 0 Å². The average Bonchev–Trinajstić information content (AvgIpc) is 2.79. The Balaban J connectivity index is 2.15. The summed E-state index contributed by atoms with van der Waals surface area (Å²) in [5.41, 5.74) is 2.25. The van der Waals surface area contributed by atoms with E-state index in [-0.39, 0.29) is 11.5 Å². The van der Waals surface area contributed by atoms with Crippen molar-refractivity contribution in [2.45, 2.75) is 18.7 Å². The van der Waals surface area contributed by atoms with E-state index in [9.17, 15) is 9.00 Å². The third kappa shape index (κ3) is 3.41. The van der Waals surface area contributed by atoms with Crippen molar-refractivity contribution in [2.75, 3.05) is 5.75 Å². The van der Waals surface area contributed by atoms with E-state index in [0.717, 1.165) is 15.6 Å². The van der Waals surface area contributed by atoms with Crippen LogP contribution in [-0.2, 0) is 10.8 Å². The zero-order valence-corrected chi connectivity index (χ0v) is 13.8. The van der Waals surface area contributed by atoms with E-state index < -0.39 is 10.8 Å². The topological polar surface area (TPSA) is 34.1 Å². The molecule has 0 spiro atoms. The minimum atomic E-state index is -1.29. The van der Waals surface area contributed by atoms with Gasteiger partial charge in [0.05, 0.1) is 21.4 Å². The van der Waals surface area contributed by atoms with Crippen molar-refractivity contribution in [1.29, 1.82) is 0 Å². The highest BCUT2D eigenvalue weighted by Gasteiger charge is 2.16. The van der Waals surface area contributed by atoms with Crippen LogP contribution in [0.15, 0.2) is 39.0 Å². The van der Waals surface area contributed by atoms with E-state index in [1.165, 1.54) is 11.3 Å². The van der Waals surface area contributed by atoms with Crippen LogP contribution < -0.4 is 0 Å². The van der Waals surface area contributed by atoms with Crippen LogP contribution >= 0.6 is 27.3 Å². The first-order valence-electron chi connectivity index (χ1n) is 5.71. The summed E-state index contributed by atoms with van der Waals surface area (Å²) >= 11 is 4.69. The van der Waals surface area contributed by atoms with Crippen molar-refractivity contribution in [3.05, 3.63) is 50.1 Å². The Hall–Kier alpha value is -0.780. The number of thiophene rings is 1. The second kappa shape index (κ2) is 6.11. The van der Waals surface area contributed by atoms with Crippen molar-refractivity contribution < 1.29 is 9.00 Å². The highest BCUT2D eigenvalue weighted by Crippen LogP contribution is 2.24. The third-order valence-electron chi connectivity index (χ3n) is 2.87. The molecule has 100 valence electrons. The number of ketones is 1. The van der Waals surface area contributed by atoms with Gasteiger partial charge in [-0.1, -0.05) is 6.07 Å². The summed E-state index contributed by atoms with van der Waals surface area (Å²) in [6.07, 6.45) is 0. The first kappa shape index (κ1) is 14.6. The predicted molar refractivity (Wildman–Crippen MR) is 83.5 cm³/mol. The molecule has 1 unspecified atom stereocenters. The highest BCUT2D eigenvalue weighted by molar-refractivity contribution is 9.10. The molecule has 2 aromatic rings. The number of carbonyl (C=O) groups excluding carboxylic acids is 1. The monoisotopic (exact) mass is 356 g/mol. The first-order chi connectivity index (χ1) is 8.99. The Kier molecular flexibility index (Phi) is 4.71. The molecule has 1 atom stereocenters. The molecule has 1 heterocycles. The van der Waals surface area contributed by atoms with Crippen molar-refractivity contribution in [1.82, 2.24) is 0 Å².